The lowest BCUT2D eigenvalue weighted by atomic mass is 9.57. The van der Waals surface area contributed by atoms with Gasteiger partial charge in [-0.1, -0.05) is 18.6 Å². The summed E-state index contributed by atoms with van der Waals surface area (Å²) < 4.78 is 41.4. The molecular weight excluding hydrogens is 576 g/mol. The van der Waals surface area contributed by atoms with Gasteiger partial charge in [-0.2, -0.15) is 5.26 Å². The molecule has 2 aromatic carbocycles. The lowest BCUT2D eigenvalue weighted by Gasteiger charge is -2.54. The molecule has 10 heteroatoms. The number of carbonyl (C=O) groups is 1. The number of hydrogen-bond donors (Lipinski definition) is 1. The molecule has 3 atom stereocenters. The number of halogens is 2. The number of piperidine rings is 1. The topological polar surface area (TPSA) is 81.1 Å². The minimum Gasteiger partial charge on any atom is -0.495 e. The largest absolute Gasteiger partial charge is 0.495 e. The summed E-state index contributed by atoms with van der Waals surface area (Å²) in [6.07, 6.45) is 5.35. The number of nitriles is 1. The molecule has 3 saturated heterocycles. The van der Waals surface area contributed by atoms with Crippen molar-refractivity contribution in [2.45, 2.75) is 55.7 Å². The number of alkyl carbamates (subject to hydrolysis) is 1. The number of ether oxygens (including phenoxy) is 2. The van der Waals surface area contributed by atoms with Gasteiger partial charge in [0, 0.05) is 30.6 Å². The number of nitrogens with one attached hydrogen (secondary N) is 1. The zero-order valence-electron chi connectivity index (χ0n) is 26.4. The minimum absolute atomic E-state index is 0.0469. The van der Waals surface area contributed by atoms with Crippen LogP contribution in [0, 0.1) is 29.0 Å². The van der Waals surface area contributed by atoms with Crippen molar-refractivity contribution in [1.29, 1.82) is 5.26 Å². The number of alkyl halides is 1. The van der Waals surface area contributed by atoms with Gasteiger partial charge in [0.1, 0.15) is 11.6 Å². The molecule has 4 fully saturated rings. The highest BCUT2D eigenvalue weighted by Crippen LogP contribution is 2.51. The van der Waals surface area contributed by atoms with Crippen LogP contribution in [-0.4, -0.2) is 94.2 Å². The molecule has 1 amide bonds. The summed E-state index contributed by atoms with van der Waals surface area (Å²) in [6, 6.07) is 14.5. The highest BCUT2D eigenvalue weighted by atomic mass is 19.1. The summed E-state index contributed by atoms with van der Waals surface area (Å²) in [7, 11) is 2.96. The van der Waals surface area contributed by atoms with E-state index < -0.39 is 11.8 Å². The van der Waals surface area contributed by atoms with E-state index >= 15 is 4.39 Å². The molecule has 0 bridgehead atoms. The molecule has 242 valence electrons. The first-order chi connectivity index (χ1) is 21.8. The number of benzene rings is 2. The van der Waals surface area contributed by atoms with Crippen molar-refractivity contribution in [2.24, 2.45) is 11.8 Å². The van der Waals surface area contributed by atoms with Crippen molar-refractivity contribution in [2.75, 3.05) is 71.5 Å². The van der Waals surface area contributed by atoms with Gasteiger partial charge in [-0.15, -0.1) is 0 Å². The van der Waals surface area contributed by atoms with Crippen molar-refractivity contribution in [3.8, 4) is 11.8 Å². The monoisotopic (exact) mass is 621 g/mol. The van der Waals surface area contributed by atoms with Crippen LogP contribution in [0.4, 0.5) is 19.3 Å². The molecule has 8 nitrogen and oxygen atoms in total. The Kier molecular flexibility index (Phi) is 9.21. The van der Waals surface area contributed by atoms with E-state index in [-0.39, 0.29) is 42.2 Å². The van der Waals surface area contributed by atoms with E-state index in [1.807, 2.05) is 17.0 Å². The number of methoxy groups -OCH3 is 2. The first-order valence-electron chi connectivity index (χ1n) is 16.3. The molecule has 1 aliphatic carbocycles. The van der Waals surface area contributed by atoms with Crippen LogP contribution in [0.5, 0.6) is 5.75 Å². The Balaban J connectivity index is 1.19. The molecule has 2 aromatic rings. The van der Waals surface area contributed by atoms with Gasteiger partial charge in [-0.25, -0.2) is 13.6 Å². The predicted molar refractivity (Wildman–Crippen MR) is 169 cm³/mol. The number of carbonyl (C=O) groups excluding carboxylic acids is 1. The van der Waals surface area contributed by atoms with Crippen LogP contribution in [0.15, 0.2) is 42.5 Å². The number of amides is 1. The molecular formula is C35H45F2N5O3. The van der Waals surface area contributed by atoms with Crippen molar-refractivity contribution in [3.05, 3.63) is 59.4 Å². The minimum atomic E-state index is -1.33. The fourth-order valence-electron chi connectivity index (χ4n) is 8.66. The third kappa shape index (κ3) is 6.34. The molecule has 3 heterocycles. The molecule has 6 rings (SSSR count). The van der Waals surface area contributed by atoms with Gasteiger partial charge in [-0.3, -0.25) is 4.90 Å². The van der Waals surface area contributed by atoms with Crippen LogP contribution >= 0.6 is 0 Å². The summed E-state index contributed by atoms with van der Waals surface area (Å²) in [4.78, 5) is 19.1. The molecule has 0 radical (unpaired) electrons. The van der Waals surface area contributed by atoms with Gasteiger partial charge in [0.25, 0.3) is 0 Å². The molecule has 1 saturated carbocycles. The van der Waals surface area contributed by atoms with E-state index in [1.54, 1.807) is 25.3 Å². The Morgan fingerprint density at radius 2 is 1.82 bits per heavy atom. The quantitative estimate of drug-likeness (QED) is 0.395. The Bertz CT molecular complexity index is 1400. The Morgan fingerprint density at radius 3 is 2.47 bits per heavy atom. The highest BCUT2D eigenvalue weighted by molar-refractivity contribution is 5.67. The number of likely N-dealkylation sites (tertiary alicyclic amines) is 2. The van der Waals surface area contributed by atoms with Gasteiger partial charge in [0.2, 0.25) is 0 Å². The second-order valence-corrected chi connectivity index (χ2v) is 13.5. The van der Waals surface area contributed by atoms with E-state index in [0.29, 0.717) is 17.9 Å². The Labute approximate surface area is 265 Å². The van der Waals surface area contributed by atoms with E-state index in [1.165, 1.54) is 13.2 Å². The maximum Gasteiger partial charge on any atom is 0.407 e. The maximum atomic E-state index is 16.0. The van der Waals surface area contributed by atoms with Crippen molar-refractivity contribution in [3.63, 3.8) is 0 Å². The first kappa shape index (κ1) is 31.6. The Hall–Kier alpha value is -3.42. The van der Waals surface area contributed by atoms with E-state index in [0.717, 1.165) is 82.5 Å². The fraction of sp³-hybridized carbons (Fsp3) is 0.600. The van der Waals surface area contributed by atoms with Crippen LogP contribution in [0.25, 0.3) is 0 Å². The third-order valence-electron chi connectivity index (χ3n) is 10.9. The van der Waals surface area contributed by atoms with Gasteiger partial charge in [-0.05, 0) is 99.9 Å². The number of hydrogen-bond acceptors (Lipinski definition) is 7. The van der Waals surface area contributed by atoms with Crippen LogP contribution in [0.1, 0.15) is 49.7 Å². The Morgan fingerprint density at radius 1 is 1.04 bits per heavy atom. The average Bonchev–Trinajstić information content (AvgIpc) is 3.48. The standard InChI is InChI=1S/C35H45F2N5O3/c1-44-32-18-25(20-38)10-11-31(32)42-22-34(37,23-42)21-41-16-12-26(13-17-41)35(24-40-14-5-15-40,27-6-3-7-28(36)19-27)29-8-4-9-30(29)39-33(43)45-2/h3,6-7,10-11,18-19,26,29-30H,4-5,8-9,12-17,21-24H2,1-2H3,(H,39,43)/t29-,30-,35-/m0/s1. The summed E-state index contributed by atoms with van der Waals surface area (Å²) in [5.41, 5.74) is 0.664. The lowest BCUT2D eigenvalue weighted by molar-refractivity contribution is 0.00579. The summed E-state index contributed by atoms with van der Waals surface area (Å²) >= 11 is 0. The molecule has 0 spiro atoms. The highest BCUT2D eigenvalue weighted by Gasteiger charge is 2.54. The zero-order valence-corrected chi connectivity index (χ0v) is 26.4. The molecule has 45 heavy (non-hydrogen) atoms. The van der Waals surface area contributed by atoms with E-state index in [2.05, 4.69) is 27.3 Å². The molecule has 3 aliphatic heterocycles. The summed E-state index contributed by atoms with van der Waals surface area (Å²) in [5.74, 6) is 0.754. The van der Waals surface area contributed by atoms with Gasteiger partial charge < -0.3 is 24.6 Å². The van der Waals surface area contributed by atoms with Gasteiger partial charge in [0.15, 0.2) is 5.67 Å². The van der Waals surface area contributed by atoms with Crippen LogP contribution in [0.3, 0.4) is 0 Å². The van der Waals surface area contributed by atoms with Gasteiger partial charge in [0.05, 0.1) is 44.6 Å². The third-order valence-corrected chi connectivity index (χ3v) is 10.9. The van der Waals surface area contributed by atoms with E-state index in [9.17, 15) is 14.4 Å². The average molecular weight is 622 g/mol. The van der Waals surface area contributed by atoms with Crippen LogP contribution < -0.4 is 15.0 Å². The molecule has 4 aliphatic rings. The first-order valence-corrected chi connectivity index (χ1v) is 16.3. The predicted octanol–water partition coefficient (Wildman–Crippen LogP) is 5.11. The van der Waals surface area contributed by atoms with E-state index in [4.69, 9.17) is 9.47 Å². The number of anilines is 1. The summed E-state index contributed by atoms with van der Waals surface area (Å²) in [5, 5.41) is 12.4. The van der Waals surface area contributed by atoms with Crippen LogP contribution in [-0.2, 0) is 10.2 Å². The fourth-order valence-corrected chi connectivity index (χ4v) is 8.66. The second-order valence-electron chi connectivity index (χ2n) is 13.5. The van der Waals surface area contributed by atoms with Crippen LogP contribution in [0.2, 0.25) is 0 Å². The lowest BCUT2D eigenvalue weighted by Crippen LogP contribution is -2.65. The normalized spacial score (nSPS) is 25.0. The van der Waals surface area contributed by atoms with Crippen molar-refractivity contribution >= 4 is 11.8 Å². The number of nitrogens with zero attached hydrogens (tertiary/aromatic N) is 4. The smallest absolute Gasteiger partial charge is 0.407 e. The summed E-state index contributed by atoms with van der Waals surface area (Å²) in [6.45, 7) is 5.36. The van der Waals surface area contributed by atoms with Crippen molar-refractivity contribution < 1.29 is 23.0 Å². The second kappa shape index (κ2) is 13.1. The molecule has 1 N–H and O–H groups in total. The van der Waals surface area contributed by atoms with Gasteiger partial charge >= 0.3 is 6.09 Å². The molecule has 0 unspecified atom stereocenters. The number of rotatable bonds is 10. The van der Waals surface area contributed by atoms with Crippen molar-refractivity contribution in [1.82, 2.24) is 15.1 Å². The zero-order chi connectivity index (χ0) is 31.6. The molecule has 0 aromatic heterocycles. The maximum absolute atomic E-state index is 16.0. The SMILES string of the molecule is COC(=O)N[C@H]1CCC[C@@H]1[C@](CN1CCC1)(c1cccc(F)c1)C1CCN(CC2(F)CN(c3ccc(C#N)cc3OC)C2)CC1.